The van der Waals surface area contributed by atoms with E-state index in [1.54, 1.807) is 13.8 Å². The van der Waals surface area contributed by atoms with Crippen LogP contribution in [0.4, 0.5) is 4.39 Å². The van der Waals surface area contributed by atoms with E-state index in [0.29, 0.717) is 11.8 Å². The maximum absolute atomic E-state index is 14.3. The fraction of sp³-hybridized carbons (Fsp3) is 0.650. The SMILES string of the molecule is CC1(C)C(=O)N(C2C3CC4CC(C3)CC2C4)N1S(=O)(=O)c1ccccc1F. The number of nitrogens with zero attached hydrogens (tertiary/aromatic N) is 2. The Morgan fingerprint density at radius 1 is 1.00 bits per heavy atom. The summed E-state index contributed by atoms with van der Waals surface area (Å²) < 4.78 is 42.1. The number of hydrogen-bond acceptors (Lipinski definition) is 3. The third kappa shape index (κ3) is 2.30. The standard InChI is InChI=1S/C20H25FN2O3S/c1-20(2)19(24)22(18-14-8-12-7-13(10-14)11-15(18)9-12)23(20)27(25,26)17-6-4-3-5-16(17)21/h3-6,12-15,18H,7-11H2,1-2H3. The van der Waals surface area contributed by atoms with Crippen molar-refractivity contribution in [2.45, 2.75) is 62.4 Å². The van der Waals surface area contributed by atoms with Crippen LogP contribution in [0.2, 0.25) is 0 Å². The summed E-state index contributed by atoms with van der Waals surface area (Å²) >= 11 is 0. The van der Waals surface area contributed by atoms with E-state index in [-0.39, 0.29) is 16.8 Å². The predicted molar refractivity (Wildman–Crippen MR) is 97.2 cm³/mol. The van der Waals surface area contributed by atoms with E-state index in [1.165, 1.54) is 34.0 Å². The molecule has 5 aliphatic rings. The van der Waals surface area contributed by atoms with Crippen LogP contribution in [-0.2, 0) is 14.8 Å². The molecule has 0 N–H and O–H groups in total. The van der Waals surface area contributed by atoms with Crippen molar-refractivity contribution in [2.75, 3.05) is 0 Å². The fourth-order valence-electron chi connectivity index (χ4n) is 6.38. The molecule has 0 unspecified atom stereocenters. The van der Waals surface area contributed by atoms with E-state index in [2.05, 4.69) is 0 Å². The first-order chi connectivity index (χ1) is 12.7. The molecule has 4 saturated carbocycles. The number of carbonyl (C=O) groups excluding carboxylic acids is 1. The minimum Gasteiger partial charge on any atom is -0.271 e. The molecule has 5 fully saturated rings. The Morgan fingerprint density at radius 3 is 2.11 bits per heavy atom. The molecule has 0 atom stereocenters. The van der Waals surface area contributed by atoms with Gasteiger partial charge in [0.2, 0.25) is 0 Å². The van der Waals surface area contributed by atoms with Crippen molar-refractivity contribution >= 4 is 15.9 Å². The Balaban J connectivity index is 1.55. The minimum absolute atomic E-state index is 0.0696. The maximum Gasteiger partial charge on any atom is 0.264 e. The molecule has 0 aromatic heterocycles. The zero-order chi connectivity index (χ0) is 19.1. The quantitative estimate of drug-likeness (QED) is 0.794. The normalized spacial score (nSPS) is 37.5. The van der Waals surface area contributed by atoms with E-state index in [1.807, 2.05) is 0 Å². The molecule has 1 aliphatic heterocycles. The van der Waals surface area contributed by atoms with E-state index < -0.39 is 21.4 Å². The molecule has 6 rings (SSSR count). The summed E-state index contributed by atoms with van der Waals surface area (Å²) in [5, 5.41) is 1.48. The highest BCUT2D eigenvalue weighted by Crippen LogP contribution is 2.57. The molecule has 1 heterocycles. The van der Waals surface area contributed by atoms with Gasteiger partial charge >= 0.3 is 0 Å². The highest BCUT2D eigenvalue weighted by Gasteiger charge is 2.65. The first-order valence-electron chi connectivity index (χ1n) is 9.85. The Morgan fingerprint density at radius 2 is 1.56 bits per heavy atom. The minimum atomic E-state index is -4.14. The summed E-state index contributed by atoms with van der Waals surface area (Å²) in [7, 11) is -4.14. The Kier molecular flexibility index (Phi) is 3.61. The molecule has 1 amide bonds. The van der Waals surface area contributed by atoms with Gasteiger partial charge in [-0.1, -0.05) is 16.5 Å². The number of rotatable bonds is 3. The van der Waals surface area contributed by atoms with Crippen LogP contribution in [0, 0.1) is 29.5 Å². The van der Waals surface area contributed by atoms with Crippen molar-refractivity contribution < 1.29 is 17.6 Å². The molecule has 0 radical (unpaired) electrons. The van der Waals surface area contributed by atoms with Gasteiger partial charge < -0.3 is 0 Å². The van der Waals surface area contributed by atoms with Crippen LogP contribution in [0.25, 0.3) is 0 Å². The zero-order valence-electron chi connectivity index (χ0n) is 15.6. The van der Waals surface area contributed by atoms with Gasteiger partial charge in [0, 0.05) is 0 Å². The van der Waals surface area contributed by atoms with Crippen LogP contribution in [0.15, 0.2) is 29.2 Å². The number of hydrazine groups is 1. The number of halogens is 1. The van der Waals surface area contributed by atoms with Crippen LogP contribution >= 0.6 is 0 Å². The maximum atomic E-state index is 14.3. The van der Waals surface area contributed by atoms with Crippen LogP contribution in [0.1, 0.15) is 46.0 Å². The molecule has 1 saturated heterocycles. The molecular weight excluding hydrogens is 367 g/mol. The molecule has 146 valence electrons. The van der Waals surface area contributed by atoms with Gasteiger partial charge in [-0.2, -0.15) is 0 Å². The monoisotopic (exact) mass is 392 g/mol. The zero-order valence-corrected chi connectivity index (χ0v) is 16.5. The van der Waals surface area contributed by atoms with Crippen LogP contribution < -0.4 is 0 Å². The Bertz CT molecular complexity index is 886. The number of amides is 1. The van der Waals surface area contributed by atoms with Crippen molar-refractivity contribution in [3.8, 4) is 0 Å². The van der Waals surface area contributed by atoms with E-state index in [9.17, 15) is 17.6 Å². The van der Waals surface area contributed by atoms with Gasteiger partial charge in [-0.15, -0.1) is 0 Å². The van der Waals surface area contributed by atoms with Gasteiger partial charge in [-0.05, 0) is 81.8 Å². The predicted octanol–water partition coefficient (Wildman–Crippen LogP) is 3.18. The van der Waals surface area contributed by atoms with Gasteiger partial charge in [0.05, 0.1) is 6.04 Å². The molecule has 1 aromatic rings. The molecule has 27 heavy (non-hydrogen) atoms. The lowest BCUT2D eigenvalue weighted by Gasteiger charge is -2.64. The molecule has 1 aromatic carbocycles. The lowest BCUT2D eigenvalue weighted by atomic mass is 9.54. The number of benzene rings is 1. The van der Waals surface area contributed by atoms with Crippen LogP contribution in [0.5, 0.6) is 0 Å². The molecular formula is C20H25FN2O3S. The van der Waals surface area contributed by atoms with Crippen molar-refractivity contribution in [1.82, 2.24) is 9.42 Å². The van der Waals surface area contributed by atoms with Crippen molar-refractivity contribution in [2.24, 2.45) is 23.7 Å². The third-order valence-corrected chi connectivity index (χ3v) is 9.18. The van der Waals surface area contributed by atoms with Crippen LogP contribution in [0.3, 0.4) is 0 Å². The number of sulfonamides is 1. The van der Waals surface area contributed by atoms with Crippen molar-refractivity contribution in [3.63, 3.8) is 0 Å². The largest absolute Gasteiger partial charge is 0.271 e. The second-order valence-corrected chi connectivity index (χ2v) is 11.0. The first-order valence-corrected chi connectivity index (χ1v) is 11.3. The second-order valence-electron chi connectivity index (χ2n) is 9.31. The average molecular weight is 392 g/mol. The van der Waals surface area contributed by atoms with Gasteiger partial charge in [-0.3, -0.25) is 9.80 Å². The van der Waals surface area contributed by atoms with Gasteiger partial charge in [0.1, 0.15) is 16.3 Å². The smallest absolute Gasteiger partial charge is 0.264 e. The molecule has 0 spiro atoms. The number of hydrogen-bond donors (Lipinski definition) is 0. The third-order valence-electron chi connectivity index (χ3n) is 7.21. The highest BCUT2D eigenvalue weighted by atomic mass is 32.2. The van der Waals surface area contributed by atoms with Crippen LogP contribution in [-0.4, -0.2) is 35.3 Å². The highest BCUT2D eigenvalue weighted by molar-refractivity contribution is 7.89. The lowest BCUT2D eigenvalue weighted by molar-refractivity contribution is -0.218. The summed E-state index contributed by atoms with van der Waals surface area (Å²) in [6, 6.07) is 5.33. The fourth-order valence-corrected chi connectivity index (χ4v) is 8.23. The van der Waals surface area contributed by atoms with Gasteiger partial charge in [0.25, 0.3) is 15.9 Å². The summed E-state index contributed by atoms with van der Waals surface area (Å²) in [6.45, 7) is 3.22. The van der Waals surface area contributed by atoms with Gasteiger partial charge in [-0.25, -0.2) is 12.8 Å². The average Bonchev–Trinajstić information content (AvgIpc) is 2.59. The van der Waals surface area contributed by atoms with Crippen molar-refractivity contribution in [1.29, 1.82) is 0 Å². The lowest BCUT2D eigenvalue weighted by Crippen LogP contribution is -2.80. The Labute approximate surface area is 159 Å². The van der Waals surface area contributed by atoms with E-state index in [4.69, 9.17) is 0 Å². The van der Waals surface area contributed by atoms with E-state index in [0.717, 1.165) is 43.6 Å². The van der Waals surface area contributed by atoms with Gasteiger partial charge in [0.15, 0.2) is 0 Å². The summed E-state index contributed by atoms with van der Waals surface area (Å²) in [5.74, 6) is 1.23. The first kappa shape index (κ1) is 17.6. The molecule has 4 bridgehead atoms. The summed E-state index contributed by atoms with van der Waals surface area (Å²) in [4.78, 5) is 12.6. The summed E-state index contributed by atoms with van der Waals surface area (Å²) in [5.41, 5.74) is -1.18. The summed E-state index contributed by atoms with van der Waals surface area (Å²) in [6.07, 6.45) is 5.60. The Hall–Kier alpha value is -1.47. The second kappa shape index (κ2) is 5.54. The molecule has 7 heteroatoms. The molecule has 5 nitrogen and oxygen atoms in total. The van der Waals surface area contributed by atoms with E-state index >= 15 is 0 Å². The topological polar surface area (TPSA) is 57.7 Å². The van der Waals surface area contributed by atoms with Crippen molar-refractivity contribution in [3.05, 3.63) is 30.1 Å². The number of carbonyl (C=O) groups is 1. The molecule has 4 aliphatic carbocycles.